The Bertz CT molecular complexity index is 304. The molecule has 0 aliphatic carbocycles. The molecule has 1 heterocycles. The molecule has 0 radical (unpaired) electrons. The molecule has 1 N–H and O–H groups in total. The molecule has 2 rings (SSSR count). The van der Waals surface area contributed by atoms with Crippen molar-refractivity contribution in [2.75, 3.05) is 19.8 Å². The lowest BCUT2D eigenvalue weighted by molar-refractivity contribution is 0.0768. The smallest absolute Gasteiger partial charge is 0.0662 e. The van der Waals surface area contributed by atoms with Crippen LogP contribution in [0.5, 0.6) is 0 Å². The lowest BCUT2D eigenvalue weighted by atomic mass is 10.1. The molecule has 14 heavy (non-hydrogen) atoms. The highest BCUT2D eigenvalue weighted by Gasteiger charge is 2.15. The second-order valence-corrected chi connectivity index (χ2v) is 5.12. The van der Waals surface area contributed by atoms with E-state index in [4.69, 9.17) is 4.74 Å². The summed E-state index contributed by atoms with van der Waals surface area (Å²) in [6.07, 6.45) is 0. The summed E-state index contributed by atoms with van der Waals surface area (Å²) in [6, 6.07) is 6.60. The first-order valence-electron chi connectivity index (χ1n) is 4.53. The molecule has 1 saturated heterocycles. The topological polar surface area (TPSA) is 21.3 Å². The molecule has 0 spiro atoms. The Morgan fingerprint density at radius 3 is 2.50 bits per heavy atom. The van der Waals surface area contributed by atoms with Gasteiger partial charge in [-0.15, -0.1) is 0 Å². The van der Waals surface area contributed by atoms with Crippen molar-refractivity contribution in [2.24, 2.45) is 0 Å². The Kier molecular flexibility index (Phi) is 3.60. The molecule has 1 aromatic carbocycles. The van der Waals surface area contributed by atoms with Crippen LogP contribution in [0.3, 0.4) is 0 Å². The van der Waals surface area contributed by atoms with Gasteiger partial charge in [0.25, 0.3) is 0 Å². The van der Waals surface area contributed by atoms with Gasteiger partial charge in [0.15, 0.2) is 0 Å². The Morgan fingerprint density at radius 2 is 1.93 bits per heavy atom. The summed E-state index contributed by atoms with van der Waals surface area (Å²) in [5.74, 6) is 0. The van der Waals surface area contributed by atoms with Crippen molar-refractivity contribution in [3.63, 3.8) is 0 Å². The van der Waals surface area contributed by atoms with Crippen LogP contribution in [0.2, 0.25) is 0 Å². The minimum atomic E-state index is 0.317. The Hall–Kier alpha value is 0.1000. The molecule has 0 aromatic heterocycles. The number of nitrogens with one attached hydrogen (secondary N) is 1. The van der Waals surface area contributed by atoms with Crippen LogP contribution in [-0.4, -0.2) is 19.8 Å². The van der Waals surface area contributed by atoms with Crippen molar-refractivity contribution in [3.8, 4) is 0 Å². The van der Waals surface area contributed by atoms with Crippen molar-refractivity contribution < 1.29 is 4.74 Å². The van der Waals surface area contributed by atoms with Crippen molar-refractivity contribution >= 4 is 31.9 Å². The highest BCUT2D eigenvalue weighted by Crippen LogP contribution is 2.25. The maximum Gasteiger partial charge on any atom is 0.0662 e. The van der Waals surface area contributed by atoms with E-state index >= 15 is 0 Å². The maximum absolute atomic E-state index is 5.42. The normalized spacial score (nSPS) is 22.3. The monoisotopic (exact) mass is 319 g/mol. The lowest BCUT2D eigenvalue weighted by Crippen LogP contribution is -2.34. The molecule has 1 aliphatic rings. The van der Waals surface area contributed by atoms with Crippen LogP contribution in [0.1, 0.15) is 11.6 Å². The van der Waals surface area contributed by atoms with Gasteiger partial charge in [-0.1, -0.05) is 31.9 Å². The highest BCUT2D eigenvalue weighted by atomic mass is 79.9. The van der Waals surface area contributed by atoms with Crippen LogP contribution in [0, 0.1) is 0 Å². The largest absolute Gasteiger partial charge is 0.378 e. The van der Waals surface area contributed by atoms with E-state index in [-0.39, 0.29) is 0 Å². The van der Waals surface area contributed by atoms with Gasteiger partial charge < -0.3 is 10.1 Å². The molecule has 76 valence electrons. The van der Waals surface area contributed by atoms with Crippen LogP contribution in [0.15, 0.2) is 27.1 Å². The molecule has 0 bridgehead atoms. The minimum Gasteiger partial charge on any atom is -0.378 e. The van der Waals surface area contributed by atoms with Gasteiger partial charge in [0.1, 0.15) is 0 Å². The molecule has 0 unspecified atom stereocenters. The minimum absolute atomic E-state index is 0.317. The van der Waals surface area contributed by atoms with E-state index in [0.717, 1.165) is 28.7 Å². The summed E-state index contributed by atoms with van der Waals surface area (Å²) >= 11 is 6.96. The van der Waals surface area contributed by atoms with E-state index in [1.54, 1.807) is 0 Å². The highest BCUT2D eigenvalue weighted by molar-refractivity contribution is 9.11. The van der Waals surface area contributed by atoms with Crippen molar-refractivity contribution in [1.29, 1.82) is 0 Å². The van der Waals surface area contributed by atoms with Gasteiger partial charge >= 0.3 is 0 Å². The van der Waals surface area contributed by atoms with Gasteiger partial charge in [-0.2, -0.15) is 0 Å². The Balaban J connectivity index is 2.21. The number of ether oxygens (including phenoxy) is 1. The van der Waals surface area contributed by atoms with Gasteiger partial charge in [-0.05, 0) is 23.8 Å². The van der Waals surface area contributed by atoms with E-state index in [9.17, 15) is 0 Å². The summed E-state index contributed by atoms with van der Waals surface area (Å²) < 4.78 is 7.61. The number of rotatable bonds is 1. The average molecular weight is 321 g/mol. The van der Waals surface area contributed by atoms with Gasteiger partial charge in [-0.3, -0.25) is 0 Å². The molecule has 1 aliphatic heterocycles. The molecule has 2 nitrogen and oxygen atoms in total. The number of hydrogen-bond donors (Lipinski definition) is 1. The third-order valence-corrected chi connectivity index (χ3v) is 3.12. The van der Waals surface area contributed by atoms with Gasteiger partial charge in [0, 0.05) is 15.5 Å². The summed E-state index contributed by atoms with van der Waals surface area (Å²) in [4.78, 5) is 0. The first kappa shape index (κ1) is 10.6. The van der Waals surface area contributed by atoms with Crippen molar-refractivity contribution in [2.45, 2.75) is 6.04 Å². The molecule has 1 aromatic rings. The fraction of sp³-hybridized carbons (Fsp3) is 0.400. The van der Waals surface area contributed by atoms with Gasteiger partial charge in [-0.25, -0.2) is 0 Å². The van der Waals surface area contributed by atoms with Crippen LogP contribution >= 0.6 is 31.9 Å². The Labute approximate surface area is 100 Å². The van der Waals surface area contributed by atoms with Gasteiger partial charge in [0.05, 0.1) is 19.3 Å². The predicted molar refractivity (Wildman–Crippen MR) is 63.4 cm³/mol. The number of hydrogen-bond acceptors (Lipinski definition) is 2. The Morgan fingerprint density at radius 1 is 1.21 bits per heavy atom. The van der Waals surface area contributed by atoms with Crippen LogP contribution in [-0.2, 0) is 4.74 Å². The average Bonchev–Trinajstić information content (AvgIpc) is 2.18. The SMILES string of the molecule is Brc1cc(Br)cc([C@@H]2COCCN2)c1. The lowest BCUT2D eigenvalue weighted by Gasteiger charge is -2.24. The van der Waals surface area contributed by atoms with E-state index in [1.807, 2.05) is 6.07 Å². The first-order valence-corrected chi connectivity index (χ1v) is 6.11. The summed E-state index contributed by atoms with van der Waals surface area (Å²) in [5, 5.41) is 3.42. The van der Waals surface area contributed by atoms with Gasteiger partial charge in [0.2, 0.25) is 0 Å². The number of halogens is 2. The maximum atomic E-state index is 5.42. The summed E-state index contributed by atoms with van der Waals surface area (Å²) in [7, 11) is 0. The van der Waals surface area contributed by atoms with Crippen LogP contribution in [0.4, 0.5) is 0 Å². The summed E-state index contributed by atoms with van der Waals surface area (Å²) in [5.41, 5.74) is 1.26. The second-order valence-electron chi connectivity index (χ2n) is 3.28. The van der Waals surface area contributed by atoms with E-state index in [1.165, 1.54) is 5.56 Å². The third-order valence-electron chi connectivity index (χ3n) is 2.21. The molecule has 1 atom stereocenters. The molecular weight excluding hydrogens is 310 g/mol. The second kappa shape index (κ2) is 4.75. The van der Waals surface area contributed by atoms with E-state index in [2.05, 4.69) is 49.3 Å². The van der Waals surface area contributed by atoms with Crippen LogP contribution in [0.25, 0.3) is 0 Å². The summed E-state index contributed by atoms with van der Waals surface area (Å²) in [6.45, 7) is 2.49. The third kappa shape index (κ3) is 2.57. The zero-order chi connectivity index (χ0) is 9.97. The van der Waals surface area contributed by atoms with Crippen molar-refractivity contribution in [1.82, 2.24) is 5.32 Å². The molecule has 1 fully saturated rings. The van der Waals surface area contributed by atoms with Crippen molar-refractivity contribution in [3.05, 3.63) is 32.7 Å². The first-order chi connectivity index (χ1) is 6.75. The zero-order valence-corrected chi connectivity index (χ0v) is 10.8. The fourth-order valence-corrected chi connectivity index (χ4v) is 2.88. The molecule has 4 heteroatoms. The zero-order valence-electron chi connectivity index (χ0n) is 7.59. The molecule has 0 saturated carbocycles. The predicted octanol–water partition coefficient (Wildman–Crippen LogP) is 2.87. The quantitative estimate of drug-likeness (QED) is 0.859. The fourth-order valence-electron chi connectivity index (χ4n) is 1.56. The number of morpholine rings is 1. The standard InChI is InChI=1S/C10H11Br2NO/c11-8-3-7(4-9(12)5-8)10-6-14-2-1-13-10/h3-5,10,13H,1-2,6H2/t10-/m0/s1. The van der Waals surface area contributed by atoms with E-state index in [0.29, 0.717) is 6.04 Å². The molecular formula is C10H11Br2NO. The molecule has 0 amide bonds. The number of benzene rings is 1. The van der Waals surface area contributed by atoms with E-state index < -0.39 is 0 Å². The van der Waals surface area contributed by atoms with Crippen LogP contribution < -0.4 is 5.32 Å².